The molecule has 3 rings (SSSR count). The van der Waals surface area contributed by atoms with Gasteiger partial charge in [0.25, 0.3) is 0 Å². The molecule has 2 unspecified atom stereocenters. The Morgan fingerprint density at radius 1 is 1.33 bits per heavy atom. The topological polar surface area (TPSA) is 37.6 Å². The van der Waals surface area contributed by atoms with Gasteiger partial charge in [-0.3, -0.25) is 4.90 Å². The number of hydrogen-bond donors (Lipinski definition) is 1. The third-order valence-corrected chi connectivity index (χ3v) is 4.67. The van der Waals surface area contributed by atoms with Crippen LogP contribution in [-0.2, 0) is 17.8 Å². The van der Waals surface area contributed by atoms with E-state index < -0.39 is 0 Å². The summed E-state index contributed by atoms with van der Waals surface area (Å²) in [6.07, 6.45) is 8.68. The monoisotopic (exact) mass is 292 g/mol. The highest BCUT2D eigenvalue weighted by Gasteiger charge is 2.34. The molecule has 1 saturated heterocycles. The number of hydrogen-bond acceptors (Lipinski definition) is 4. The first-order valence-electron chi connectivity index (χ1n) is 8.49. The summed E-state index contributed by atoms with van der Waals surface area (Å²) < 4.78 is 11.7. The molecule has 4 heteroatoms. The zero-order chi connectivity index (χ0) is 14.5. The second-order valence-electron chi connectivity index (χ2n) is 6.33. The van der Waals surface area contributed by atoms with Crippen LogP contribution in [-0.4, -0.2) is 36.7 Å². The number of fused-ring (bicyclic) bond motifs is 1. The Morgan fingerprint density at radius 2 is 2.24 bits per heavy atom. The molecule has 0 amide bonds. The standard InChI is InChI=1S/C17H28N2O2/c1-2-7-18-11-14-10-15(21-13-14)12-19-8-9-20-17-6-4-3-5-16(17)19/h10,13,16-18H,2-9,11-12H2,1H3. The van der Waals surface area contributed by atoms with E-state index in [1.807, 2.05) is 6.26 Å². The molecule has 2 heterocycles. The summed E-state index contributed by atoms with van der Waals surface area (Å²) in [6, 6.07) is 2.80. The van der Waals surface area contributed by atoms with E-state index in [0.29, 0.717) is 12.1 Å². The quantitative estimate of drug-likeness (QED) is 0.818. The van der Waals surface area contributed by atoms with Crippen LogP contribution >= 0.6 is 0 Å². The second kappa shape index (κ2) is 7.43. The van der Waals surface area contributed by atoms with Crippen LogP contribution in [0.5, 0.6) is 0 Å². The minimum Gasteiger partial charge on any atom is -0.468 e. The van der Waals surface area contributed by atoms with Crippen LogP contribution in [0.2, 0.25) is 0 Å². The van der Waals surface area contributed by atoms with Gasteiger partial charge >= 0.3 is 0 Å². The van der Waals surface area contributed by atoms with Crippen LogP contribution in [0.4, 0.5) is 0 Å². The summed E-state index contributed by atoms with van der Waals surface area (Å²) in [6.45, 7) is 6.99. The Bertz CT molecular complexity index is 430. The summed E-state index contributed by atoms with van der Waals surface area (Å²) in [5.41, 5.74) is 1.26. The lowest BCUT2D eigenvalue weighted by molar-refractivity contribution is -0.0926. The van der Waals surface area contributed by atoms with E-state index in [2.05, 4.69) is 23.2 Å². The number of nitrogens with one attached hydrogen (secondary N) is 1. The maximum Gasteiger partial charge on any atom is 0.118 e. The summed E-state index contributed by atoms with van der Waals surface area (Å²) >= 11 is 0. The van der Waals surface area contributed by atoms with Crippen molar-refractivity contribution in [1.29, 1.82) is 0 Å². The van der Waals surface area contributed by atoms with Gasteiger partial charge in [0.05, 0.1) is 25.5 Å². The van der Waals surface area contributed by atoms with Crippen LogP contribution in [0, 0.1) is 0 Å². The average Bonchev–Trinajstić information content (AvgIpc) is 2.96. The molecule has 2 fully saturated rings. The summed E-state index contributed by atoms with van der Waals surface area (Å²) in [5.74, 6) is 1.09. The first kappa shape index (κ1) is 15.1. The molecule has 1 aliphatic heterocycles. The van der Waals surface area contributed by atoms with Gasteiger partial charge in [-0.2, -0.15) is 0 Å². The number of nitrogens with zero attached hydrogens (tertiary/aromatic N) is 1. The molecule has 0 spiro atoms. The first-order valence-corrected chi connectivity index (χ1v) is 8.49. The lowest BCUT2D eigenvalue weighted by atomic mass is 9.90. The highest BCUT2D eigenvalue weighted by atomic mass is 16.5. The summed E-state index contributed by atoms with van der Waals surface area (Å²) in [7, 11) is 0. The van der Waals surface area contributed by atoms with E-state index in [0.717, 1.165) is 38.5 Å². The molecule has 1 aliphatic carbocycles. The Morgan fingerprint density at radius 3 is 3.14 bits per heavy atom. The van der Waals surface area contributed by atoms with Gasteiger partial charge in [0.15, 0.2) is 0 Å². The second-order valence-corrected chi connectivity index (χ2v) is 6.33. The predicted octanol–water partition coefficient (Wildman–Crippen LogP) is 2.92. The predicted molar refractivity (Wildman–Crippen MR) is 83.1 cm³/mol. The molecule has 21 heavy (non-hydrogen) atoms. The highest BCUT2D eigenvalue weighted by Crippen LogP contribution is 2.29. The SMILES string of the molecule is CCCNCc1coc(CN2CCOC3CCCCC32)c1. The van der Waals surface area contributed by atoms with Gasteiger partial charge in [0.2, 0.25) is 0 Å². The van der Waals surface area contributed by atoms with Gasteiger partial charge < -0.3 is 14.5 Å². The summed E-state index contributed by atoms with van der Waals surface area (Å²) in [4.78, 5) is 2.56. The van der Waals surface area contributed by atoms with Crippen molar-refractivity contribution in [2.24, 2.45) is 0 Å². The zero-order valence-corrected chi connectivity index (χ0v) is 13.1. The normalized spacial score (nSPS) is 26.7. The minimum absolute atomic E-state index is 0.452. The first-order chi connectivity index (χ1) is 10.4. The van der Waals surface area contributed by atoms with Gasteiger partial charge in [-0.25, -0.2) is 0 Å². The van der Waals surface area contributed by atoms with Crippen molar-refractivity contribution >= 4 is 0 Å². The van der Waals surface area contributed by atoms with Gasteiger partial charge in [0, 0.05) is 24.7 Å². The van der Waals surface area contributed by atoms with Gasteiger partial charge in [0.1, 0.15) is 5.76 Å². The molecular weight excluding hydrogens is 264 g/mol. The third kappa shape index (κ3) is 3.87. The van der Waals surface area contributed by atoms with E-state index in [1.165, 1.54) is 37.7 Å². The van der Waals surface area contributed by atoms with Crippen LogP contribution in [0.3, 0.4) is 0 Å². The number of rotatable bonds is 6. The van der Waals surface area contributed by atoms with Crippen molar-refractivity contribution in [2.75, 3.05) is 19.7 Å². The Labute approximate surface area is 127 Å². The molecule has 0 bridgehead atoms. The lowest BCUT2D eigenvalue weighted by Crippen LogP contribution is -2.52. The van der Waals surface area contributed by atoms with Crippen molar-refractivity contribution in [1.82, 2.24) is 10.2 Å². The van der Waals surface area contributed by atoms with E-state index in [-0.39, 0.29) is 0 Å². The zero-order valence-electron chi connectivity index (χ0n) is 13.1. The smallest absolute Gasteiger partial charge is 0.118 e. The molecule has 1 aromatic rings. The van der Waals surface area contributed by atoms with Crippen LogP contribution < -0.4 is 5.32 Å². The average molecular weight is 292 g/mol. The highest BCUT2D eigenvalue weighted by molar-refractivity contribution is 5.13. The largest absolute Gasteiger partial charge is 0.468 e. The number of furan rings is 1. The van der Waals surface area contributed by atoms with Crippen LogP contribution in [0.15, 0.2) is 16.7 Å². The molecule has 0 aromatic carbocycles. The number of morpholine rings is 1. The van der Waals surface area contributed by atoms with Crippen molar-refractivity contribution in [3.63, 3.8) is 0 Å². The Balaban J connectivity index is 1.55. The van der Waals surface area contributed by atoms with Crippen LogP contribution in [0.1, 0.15) is 50.4 Å². The molecule has 1 aromatic heterocycles. The van der Waals surface area contributed by atoms with Gasteiger partial charge in [-0.05, 0) is 31.9 Å². The Kier molecular flexibility index (Phi) is 5.33. The molecule has 118 valence electrons. The van der Waals surface area contributed by atoms with Crippen molar-refractivity contribution < 1.29 is 9.15 Å². The maximum atomic E-state index is 5.94. The fraction of sp³-hybridized carbons (Fsp3) is 0.765. The van der Waals surface area contributed by atoms with Crippen molar-refractivity contribution in [3.8, 4) is 0 Å². The molecule has 1 saturated carbocycles. The fourth-order valence-electron chi connectivity index (χ4n) is 3.58. The molecule has 0 radical (unpaired) electrons. The molecule has 4 nitrogen and oxygen atoms in total. The summed E-state index contributed by atoms with van der Waals surface area (Å²) in [5, 5.41) is 3.42. The minimum atomic E-state index is 0.452. The van der Waals surface area contributed by atoms with Gasteiger partial charge in [-0.1, -0.05) is 19.8 Å². The Hall–Kier alpha value is -0.840. The lowest BCUT2D eigenvalue weighted by Gasteiger charge is -2.43. The van der Waals surface area contributed by atoms with Crippen molar-refractivity contribution in [3.05, 3.63) is 23.7 Å². The van der Waals surface area contributed by atoms with Crippen molar-refractivity contribution in [2.45, 2.75) is 64.3 Å². The van der Waals surface area contributed by atoms with Gasteiger partial charge in [-0.15, -0.1) is 0 Å². The maximum absolute atomic E-state index is 5.94. The van der Waals surface area contributed by atoms with Crippen LogP contribution in [0.25, 0.3) is 0 Å². The molecule has 1 N–H and O–H groups in total. The molecule has 2 aliphatic rings. The number of ether oxygens (including phenoxy) is 1. The molecule has 2 atom stereocenters. The fourth-order valence-corrected chi connectivity index (χ4v) is 3.58. The van der Waals surface area contributed by atoms with E-state index in [9.17, 15) is 0 Å². The third-order valence-electron chi connectivity index (χ3n) is 4.67. The van der Waals surface area contributed by atoms with E-state index >= 15 is 0 Å². The van der Waals surface area contributed by atoms with E-state index in [1.54, 1.807) is 0 Å². The molecular formula is C17H28N2O2. The van der Waals surface area contributed by atoms with E-state index in [4.69, 9.17) is 9.15 Å².